The Morgan fingerprint density at radius 1 is 1.35 bits per heavy atom. The summed E-state index contributed by atoms with van der Waals surface area (Å²) in [6.45, 7) is 5.93. The average molecular weight is 251 g/mol. The maximum absolute atomic E-state index is 3.73. The molecule has 0 aliphatic heterocycles. The molecule has 1 N–H and O–H groups in total. The smallest absolute Gasteiger partial charge is 0.00684 e. The van der Waals surface area contributed by atoms with Gasteiger partial charge in [0, 0.05) is 17.5 Å². The quantitative estimate of drug-likeness (QED) is 0.728. The van der Waals surface area contributed by atoms with Crippen LogP contribution in [0.2, 0.25) is 0 Å². The van der Waals surface area contributed by atoms with Crippen molar-refractivity contribution in [2.75, 3.05) is 6.54 Å². The number of thiophene rings is 1. The number of hydrogen-bond acceptors (Lipinski definition) is 2. The van der Waals surface area contributed by atoms with Crippen LogP contribution < -0.4 is 5.32 Å². The van der Waals surface area contributed by atoms with E-state index in [0.717, 1.165) is 6.04 Å². The second-order valence-corrected chi connectivity index (χ2v) is 6.47. The van der Waals surface area contributed by atoms with Crippen LogP contribution in [0.3, 0.4) is 0 Å². The van der Waals surface area contributed by atoms with E-state index in [1.54, 1.807) is 4.88 Å². The second-order valence-electron chi connectivity index (χ2n) is 5.44. The van der Waals surface area contributed by atoms with Crippen LogP contribution in [-0.2, 0) is 6.42 Å². The number of hydrogen-bond donors (Lipinski definition) is 1. The average Bonchev–Trinajstić information content (AvgIpc) is 3.05. The van der Waals surface area contributed by atoms with Gasteiger partial charge in [0.25, 0.3) is 0 Å². The van der Waals surface area contributed by atoms with Gasteiger partial charge in [0.1, 0.15) is 0 Å². The minimum Gasteiger partial charge on any atom is -0.313 e. The largest absolute Gasteiger partial charge is 0.313 e. The minimum absolute atomic E-state index is 0.520. The molecule has 0 saturated heterocycles. The molecule has 1 nitrogen and oxygen atoms in total. The normalized spacial score (nSPS) is 16.4. The Labute approximate surface area is 110 Å². The molecule has 0 atom stereocenters. The van der Waals surface area contributed by atoms with Crippen molar-refractivity contribution in [2.24, 2.45) is 5.41 Å². The molecular formula is C15H25NS. The molecule has 96 valence electrons. The number of aryl methyl sites for hydroxylation is 1. The van der Waals surface area contributed by atoms with Crippen LogP contribution >= 0.6 is 11.3 Å². The third-order valence-electron chi connectivity index (χ3n) is 4.32. The van der Waals surface area contributed by atoms with Crippen molar-refractivity contribution < 1.29 is 0 Å². The third kappa shape index (κ3) is 3.82. The van der Waals surface area contributed by atoms with Gasteiger partial charge in [-0.15, -0.1) is 11.3 Å². The molecule has 0 amide bonds. The first kappa shape index (κ1) is 13.1. The fourth-order valence-corrected chi connectivity index (χ4v) is 3.14. The third-order valence-corrected chi connectivity index (χ3v) is 5.26. The zero-order valence-electron chi connectivity index (χ0n) is 11.2. The Morgan fingerprint density at radius 2 is 2.12 bits per heavy atom. The van der Waals surface area contributed by atoms with Crippen LogP contribution in [0, 0.1) is 5.41 Å². The molecule has 1 heterocycles. The summed E-state index contributed by atoms with van der Waals surface area (Å²) in [6.07, 6.45) is 7.98. The summed E-state index contributed by atoms with van der Waals surface area (Å²) in [4.78, 5) is 1.54. The van der Waals surface area contributed by atoms with E-state index in [2.05, 4.69) is 36.7 Å². The lowest BCUT2D eigenvalue weighted by Crippen LogP contribution is -2.35. The van der Waals surface area contributed by atoms with Gasteiger partial charge in [-0.05, 0) is 55.4 Å². The summed E-state index contributed by atoms with van der Waals surface area (Å²) in [5, 5.41) is 5.92. The van der Waals surface area contributed by atoms with Crippen LogP contribution in [-0.4, -0.2) is 12.6 Å². The minimum atomic E-state index is 0.520. The molecule has 0 radical (unpaired) electrons. The van der Waals surface area contributed by atoms with E-state index in [9.17, 15) is 0 Å². The molecular weight excluding hydrogens is 226 g/mol. The van der Waals surface area contributed by atoms with Gasteiger partial charge in [0.2, 0.25) is 0 Å². The summed E-state index contributed by atoms with van der Waals surface area (Å²) in [6, 6.07) is 5.28. The van der Waals surface area contributed by atoms with Gasteiger partial charge in [-0.25, -0.2) is 0 Å². The van der Waals surface area contributed by atoms with Crippen LogP contribution in [0.5, 0.6) is 0 Å². The standard InChI is InChI=1S/C15H25NS/c1-3-15(4-2,12-16-13-7-8-13)10-9-14-6-5-11-17-14/h5-6,11,13,16H,3-4,7-10,12H2,1-2H3. The molecule has 1 aliphatic rings. The highest BCUT2D eigenvalue weighted by atomic mass is 32.1. The molecule has 17 heavy (non-hydrogen) atoms. The Hall–Kier alpha value is -0.340. The molecule has 0 bridgehead atoms. The molecule has 0 aromatic carbocycles. The van der Waals surface area contributed by atoms with Crippen molar-refractivity contribution in [3.63, 3.8) is 0 Å². The zero-order valence-corrected chi connectivity index (χ0v) is 12.0. The van der Waals surface area contributed by atoms with Crippen LogP contribution in [0.15, 0.2) is 17.5 Å². The fourth-order valence-electron chi connectivity index (χ4n) is 2.43. The van der Waals surface area contributed by atoms with Crippen molar-refractivity contribution in [3.05, 3.63) is 22.4 Å². The van der Waals surface area contributed by atoms with E-state index in [-0.39, 0.29) is 0 Å². The van der Waals surface area contributed by atoms with Gasteiger partial charge >= 0.3 is 0 Å². The van der Waals surface area contributed by atoms with Crippen molar-refractivity contribution in [3.8, 4) is 0 Å². The molecule has 2 heteroatoms. The highest BCUT2D eigenvalue weighted by molar-refractivity contribution is 7.09. The monoisotopic (exact) mass is 251 g/mol. The Morgan fingerprint density at radius 3 is 2.65 bits per heavy atom. The molecule has 2 rings (SSSR count). The lowest BCUT2D eigenvalue weighted by Gasteiger charge is -2.32. The van der Waals surface area contributed by atoms with Crippen LogP contribution in [0.1, 0.15) is 50.8 Å². The molecule has 1 fully saturated rings. The lowest BCUT2D eigenvalue weighted by molar-refractivity contribution is 0.228. The predicted octanol–water partition coefficient (Wildman–Crippen LogP) is 4.24. The molecule has 0 unspecified atom stereocenters. The fraction of sp³-hybridized carbons (Fsp3) is 0.733. The van der Waals surface area contributed by atoms with E-state index in [1.165, 1.54) is 45.1 Å². The summed E-state index contributed by atoms with van der Waals surface area (Å²) in [5.74, 6) is 0. The van der Waals surface area contributed by atoms with Crippen molar-refractivity contribution >= 4 is 11.3 Å². The van der Waals surface area contributed by atoms with E-state index in [4.69, 9.17) is 0 Å². The number of rotatable bonds is 8. The van der Waals surface area contributed by atoms with Crippen molar-refractivity contribution in [1.82, 2.24) is 5.32 Å². The maximum atomic E-state index is 3.73. The van der Waals surface area contributed by atoms with E-state index >= 15 is 0 Å². The Kier molecular flexibility index (Phi) is 4.63. The van der Waals surface area contributed by atoms with E-state index in [0.29, 0.717) is 5.41 Å². The summed E-state index contributed by atoms with van der Waals surface area (Å²) >= 11 is 1.90. The molecule has 0 spiro atoms. The van der Waals surface area contributed by atoms with Gasteiger partial charge in [-0.3, -0.25) is 0 Å². The highest BCUT2D eigenvalue weighted by Crippen LogP contribution is 2.33. The summed E-state index contributed by atoms with van der Waals surface area (Å²) in [7, 11) is 0. The van der Waals surface area contributed by atoms with Gasteiger partial charge in [0.15, 0.2) is 0 Å². The van der Waals surface area contributed by atoms with Crippen LogP contribution in [0.4, 0.5) is 0 Å². The molecule has 1 saturated carbocycles. The predicted molar refractivity (Wildman–Crippen MR) is 76.7 cm³/mol. The number of nitrogens with one attached hydrogen (secondary N) is 1. The maximum Gasteiger partial charge on any atom is 0.00684 e. The Balaban J connectivity index is 1.84. The van der Waals surface area contributed by atoms with Gasteiger partial charge in [-0.2, -0.15) is 0 Å². The van der Waals surface area contributed by atoms with Crippen LogP contribution in [0.25, 0.3) is 0 Å². The first-order valence-electron chi connectivity index (χ1n) is 7.04. The van der Waals surface area contributed by atoms with Gasteiger partial charge < -0.3 is 5.32 Å². The zero-order chi connectivity index (χ0) is 12.1. The van der Waals surface area contributed by atoms with Gasteiger partial charge in [-0.1, -0.05) is 19.9 Å². The molecule has 1 aromatic rings. The van der Waals surface area contributed by atoms with Crippen molar-refractivity contribution in [2.45, 2.75) is 58.4 Å². The van der Waals surface area contributed by atoms with Gasteiger partial charge in [0.05, 0.1) is 0 Å². The summed E-state index contributed by atoms with van der Waals surface area (Å²) in [5.41, 5.74) is 0.520. The Bertz CT molecular complexity index is 310. The van der Waals surface area contributed by atoms with Crippen molar-refractivity contribution in [1.29, 1.82) is 0 Å². The second kappa shape index (κ2) is 6.01. The molecule has 1 aliphatic carbocycles. The van der Waals surface area contributed by atoms with E-state index in [1.807, 2.05) is 11.3 Å². The highest BCUT2D eigenvalue weighted by Gasteiger charge is 2.29. The molecule has 1 aromatic heterocycles. The first-order valence-corrected chi connectivity index (χ1v) is 7.92. The lowest BCUT2D eigenvalue weighted by atomic mass is 9.78. The summed E-state index contributed by atoms with van der Waals surface area (Å²) < 4.78 is 0. The van der Waals surface area contributed by atoms with E-state index < -0.39 is 0 Å². The SMILES string of the molecule is CCC(CC)(CCc1cccs1)CNC1CC1. The first-order chi connectivity index (χ1) is 8.28. The topological polar surface area (TPSA) is 12.0 Å².